The predicted octanol–water partition coefficient (Wildman–Crippen LogP) is 0.316. The highest BCUT2D eigenvalue weighted by Crippen LogP contribution is 2.24. The van der Waals surface area contributed by atoms with Crippen LogP contribution in [0, 0.1) is 5.41 Å². The van der Waals surface area contributed by atoms with Crippen LogP contribution in [-0.4, -0.2) is 43.1 Å². The fourth-order valence-electron chi connectivity index (χ4n) is 2.09. The van der Waals surface area contributed by atoms with Gasteiger partial charge in [0.05, 0.1) is 11.5 Å². The van der Waals surface area contributed by atoms with Crippen molar-refractivity contribution in [1.82, 2.24) is 5.32 Å². The first kappa shape index (κ1) is 15.2. The molecular weight excluding hydrogens is 254 g/mol. The van der Waals surface area contributed by atoms with E-state index in [1.807, 2.05) is 20.8 Å². The molecular formula is C11H23N3O3S. The lowest BCUT2D eigenvalue weighted by atomic mass is 9.87. The molecule has 0 spiro atoms. The Balaban J connectivity index is 2.48. The van der Waals surface area contributed by atoms with Gasteiger partial charge in [-0.3, -0.25) is 0 Å². The molecule has 1 unspecified atom stereocenters. The number of hydrogen-bond acceptors (Lipinski definition) is 5. The molecule has 6 nitrogen and oxygen atoms in total. The maximum Gasteiger partial charge on any atom is 0.152 e. The minimum absolute atomic E-state index is 0.185. The van der Waals surface area contributed by atoms with Gasteiger partial charge in [-0.15, -0.1) is 0 Å². The summed E-state index contributed by atoms with van der Waals surface area (Å²) >= 11 is 0. The van der Waals surface area contributed by atoms with Gasteiger partial charge in [-0.2, -0.15) is 0 Å². The van der Waals surface area contributed by atoms with Gasteiger partial charge in [-0.1, -0.05) is 19.0 Å². The Morgan fingerprint density at radius 1 is 1.56 bits per heavy atom. The lowest BCUT2D eigenvalue weighted by Crippen LogP contribution is -2.45. The van der Waals surface area contributed by atoms with Crippen LogP contribution in [-0.2, 0) is 9.84 Å². The third-order valence-electron chi connectivity index (χ3n) is 3.61. The fraction of sp³-hybridized carbons (Fsp3) is 0.909. The molecule has 1 heterocycles. The highest BCUT2D eigenvalue weighted by atomic mass is 32.2. The highest BCUT2D eigenvalue weighted by molar-refractivity contribution is 7.91. The Bertz CT molecular complexity index is 431. The van der Waals surface area contributed by atoms with Gasteiger partial charge in [0, 0.05) is 11.0 Å². The summed E-state index contributed by atoms with van der Waals surface area (Å²) in [7, 11) is -2.89. The Kier molecular flexibility index (Phi) is 4.27. The van der Waals surface area contributed by atoms with Crippen molar-refractivity contribution in [1.29, 1.82) is 0 Å². The molecule has 0 aliphatic carbocycles. The van der Waals surface area contributed by atoms with E-state index in [1.165, 1.54) is 0 Å². The van der Waals surface area contributed by atoms with Gasteiger partial charge in [-0.25, -0.2) is 8.42 Å². The zero-order valence-electron chi connectivity index (χ0n) is 11.2. The largest absolute Gasteiger partial charge is 0.409 e. The Morgan fingerprint density at radius 3 is 2.61 bits per heavy atom. The third-order valence-corrected chi connectivity index (χ3v) is 5.51. The van der Waals surface area contributed by atoms with E-state index >= 15 is 0 Å². The highest BCUT2D eigenvalue weighted by Gasteiger charge is 2.38. The molecule has 0 saturated carbocycles. The molecule has 0 aromatic carbocycles. The smallest absolute Gasteiger partial charge is 0.152 e. The van der Waals surface area contributed by atoms with Crippen molar-refractivity contribution >= 4 is 15.7 Å². The molecule has 0 aromatic rings. The summed E-state index contributed by atoms with van der Waals surface area (Å²) in [6, 6.07) is 0. The van der Waals surface area contributed by atoms with E-state index in [0.717, 1.165) is 0 Å². The molecule has 0 bridgehead atoms. The van der Waals surface area contributed by atoms with Crippen LogP contribution in [0.15, 0.2) is 5.16 Å². The lowest BCUT2D eigenvalue weighted by molar-refractivity contribution is 0.301. The van der Waals surface area contributed by atoms with Crippen LogP contribution < -0.4 is 11.1 Å². The minimum atomic E-state index is -2.89. The normalized spacial score (nSPS) is 28.5. The van der Waals surface area contributed by atoms with Crippen molar-refractivity contribution in [3.8, 4) is 0 Å². The van der Waals surface area contributed by atoms with Gasteiger partial charge in [0.2, 0.25) is 0 Å². The summed E-state index contributed by atoms with van der Waals surface area (Å²) in [5.41, 5.74) is 4.84. The van der Waals surface area contributed by atoms with E-state index in [4.69, 9.17) is 10.9 Å². The van der Waals surface area contributed by atoms with Crippen molar-refractivity contribution < 1.29 is 13.6 Å². The Hall–Kier alpha value is -0.820. The van der Waals surface area contributed by atoms with Gasteiger partial charge < -0.3 is 16.3 Å². The molecule has 1 aliphatic rings. The molecule has 7 heteroatoms. The average molecular weight is 277 g/mol. The van der Waals surface area contributed by atoms with Crippen molar-refractivity contribution in [2.24, 2.45) is 16.3 Å². The topological polar surface area (TPSA) is 105 Å². The molecule has 1 saturated heterocycles. The van der Waals surface area contributed by atoms with Gasteiger partial charge in [0.1, 0.15) is 5.84 Å². The van der Waals surface area contributed by atoms with Crippen LogP contribution >= 0.6 is 0 Å². The van der Waals surface area contributed by atoms with Crippen molar-refractivity contribution in [3.63, 3.8) is 0 Å². The SMILES string of the molecule is CC1(NCCC(C)(C)C(N)=NO)CCS(=O)(=O)C1. The first-order valence-electron chi connectivity index (χ1n) is 6.04. The van der Waals surface area contributed by atoms with Crippen LogP contribution in [0.5, 0.6) is 0 Å². The van der Waals surface area contributed by atoms with Crippen LogP contribution in [0.25, 0.3) is 0 Å². The first-order valence-corrected chi connectivity index (χ1v) is 7.86. The summed E-state index contributed by atoms with van der Waals surface area (Å²) in [6.45, 7) is 6.33. The van der Waals surface area contributed by atoms with Crippen LogP contribution in [0.4, 0.5) is 0 Å². The average Bonchev–Trinajstić information content (AvgIpc) is 2.51. The molecule has 0 amide bonds. The van der Waals surface area contributed by atoms with Gasteiger partial charge >= 0.3 is 0 Å². The zero-order valence-corrected chi connectivity index (χ0v) is 12.0. The van der Waals surface area contributed by atoms with Crippen molar-refractivity contribution in [2.45, 2.75) is 39.2 Å². The van der Waals surface area contributed by atoms with E-state index in [0.29, 0.717) is 19.4 Å². The van der Waals surface area contributed by atoms with Crippen LogP contribution in [0.3, 0.4) is 0 Å². The molecule has 18 heavy (non-hydrogen) atoms. The fourth-order valence-corrected chi connectivity index (χ4v) is 4.21. The third kappa shape index (κ3) is 3.84. The first-order chi connectivity index (χ1) is 8.10. The van der Waals surface area contributed by atoms with Crippen molar-refractivity contribution in [3.05, 3.63) is 0 Å². The van der Waals surface area contributed by atoms with Gasteiger partial charge in [0.25, 0.3) is 0 Å². The lowest BCUT2D eigenvalue weighted by Gasteiger charge is -2.28. The molecule has 0 radical (unpaired) electrons. The Labute approximate surface area is 109 Å². The summed E-state index contributed by atoms with van der Waals surface area (Å²) in [5.74, 6) is 0.623. The number of nitrogens with zero attached hydrogens (tertiary/aromatic N) is 1. The second-order valence-corrected chi connectivity index (χ2v) is 8.13. The predicted molar refractivity (Wildman–Crippen MR) is 71.5 cm³/mol. The molecule has 106 valence electrons. The summed E-state index contributed by atoms with van der Waals surface area (Å²) in [6.07, 6.45) is 1.32. The maximum absolute atomic E-state index is 11.4. The summed E-state index contributed by atoms with van der Waals surface area (Å²) in [4.78, 5) is 0. The summed E-state index contributed by atoms with van der Waals surface area (Å²) in [5, 5.41) is 15.0. The monoisotopic (exact) mass is 277 g/mol. The number of amidine groups is 1. The molecule has 1 atom stereocenters. The van der Waals surface area contributed by atoms with E-state index in [2.05, 4.69) is 10.5 Å². The van der Waals surface area contributed by atoms with Crippen LogP contribution in [0.1, 0.15) is 33.6 Å². The number of nitrogens with one attached hydrogen (secondary N) is 1. The molecule has 1 fully saturated rings. The minimum Gasteiger partial charge on any atom is -0.409 e. The number of nitrogens with two attached hydrogens (primary N) is 1. The number of hydrogen-bond donors (Lipinski definition) is 3. The second kappa shape index (κ2) is 5.05. The standard InChI is InChI=1S/C11H23N3O3S/c1-10(2,9(12)14-15)4-6-13-11(3)5-7-18(16,17)8-11/h13,15H,4-8H2,1-3H3,(H2,12,14). The zero-order chi connectivity index (χ0) is 14.0. The van der Waals surface area contributed by atoms with Gasteiger partial charge in [0.15, 0.2) is 9.84 Å². The van der Waals surface area contributed by atoms with E-state index in [1.54, 1.807) is 0 Å². The molecule has 1 rings (SSSR count). The molecule has 4 N–H and O–H groups in total. The van der Waals surface area contributed by atoms with E-state index < -0.39 is 15.3 Å². The van der Waals surface area contributed by atoms with Crippen LogP contribution in [0.2, 0.25) is 0 Å². The number of oxime groups is 1. The quantitative estimate of drug-likeness (QED) is 0.290. The second-order valence-electron chi connectivity index (χ2n) is 5.95. The van der Waals surface area contributed by atoms with E-state index in [-0.39, 0.29) is 22.9 Å². The van der Waals surface area contributed by atoms with E-state index in [9.17, 15) is 8.42 Å². The summed E-state index contributed by atoms with van der Waals surface area (Å²) < 4.78 is 22.9. The molecule has 0 aromatic heterocycles. The van der Waals surface area contributed by atoms with Gasteiger partial charge in [-0.05, 0) is 26.3 Å². The number of rotatable bonds is 5. The van der Waals surface area contributed by atoms with Crippen molar-refractivity contribution in [2.75, 3.05) is 18.1 Å². The maximum atomic E-state index is 11.4. The molecule has 1 aliphatic heterocycles. The Morgan fingerprint density at radius 2 is 2.17 bits per heavy atom. The number of sulfone groups is 1.